The molecule has 1 aliphatic heterocycles. The molecule has 0 spiro atoms. The fraction of sp³-hybridized carbons (Fsp3) is 0.875. The van der Waals surface area contributed by atoms with Crippen LogP contribution in [0.5, 0.6) is 0 Å². The van der Waals surface area contributed by atoms with Crippen LogP contribution < -0.4 is 5.32 Å². The number of carbonyl (C=O) groups excluding carboxylic acids is 1. The zero-order valence-electron chi connectivity index (χ0n) is 7.55. The molecule has 0 unspecified atom stereocenters. The summed E-state index contributed by atoms with van der Waals surface area (Å²) in [6.07, 6.45) is 0. The number of hydrogen-bond acceptors (Lipinski definition) is 4. The molecule has 1 rings (SSSR count). The Bertz CT molecular complexity index is 166. The molecule has 1 fully saturated rings. The van der Waals surface area contributed by atoms with E-state index in [4.69, 9.17) is 9.47 Å². The molecule has 1 saturated heterocycles. The Labute approximate surface area is 72.2 Å². The summed E-state index contributed by atoms with van der Waals surface area (Å²) >= 11 is 0. The number of rotatable bonds is 4. The van der Waals surface area contributed by atoms with E-state index in [1.807, 2.05) is 6.92 Å². The smallest absolute Gasteiger partial charge is 0.341 e. The SMILES string of the molecule is CCOC(=O)C1(OCC)CNC1. The summed E-state index contributed by atoms with van der Waals surface area (Å²) in [4.78, 5) is 11.4. The minimum atomic E-state index is -0.690. The minimum absolute atomic E-state index is 0.245. The van der Waals surface area contributed by atoms with Gasteiger partial charge < -0.3 is 14.8 Å². The van der Waals surface area contributed by atoms with Gasteiger partial charge in [-0.25, -0.2) is 4.79 Å². The van der Waals surface area contributed by atoms with Crippen LogP contribution in [0.25, 0.3) is 0 Å². The minimum Gasteiger partial charge on any atom is -0.464 e. The largest absolute Gasteiger partial charge is 0.464 e. The second-order valence-electron chi connectivity index (χ2n) is 2.75. The zero-order chi connectivity index (χ0) is 9.03. The van der Waals surface area contributed by atoms with E-state index < -0.39 is 5.60 Å². The molecule has 0 radical (unpaired) electrons. The Morgan fingerprint density at radius 2 is 2.08 bits per heavy atom. The molecule has 1 aliphatic rings. The van der Waals surface area contributed by atoms with Crippen LogP contribution in [0.4, 0.5) is 0 Å². The molecule has 0 aromatic heterocycles. The summed E-state index contributed by atoms with van der Waals surface area (Å²) < 4.78 is 10.2. The van der Waals surface area contributed by atoms with E-state index in [0.29, 0.717) is 26.3 Å². The molecule has 1 N–H and O–H groups in total. The van der Waals surface area contributed by atoms with Gasteiger partial charge in [-0.15, -0.1) is 0 Å². The van der Waals surface area contributed by atoms with Crippen molar-refractivity contribution >= 4 is 5.97 Å². The van der Waals surface area contributed by atoms with Crippen LogP contribution in [-0.4, -0.2) is 37.9 Å². The van der Waals surface area contributed by atoms with Crippen molar-refractivity contribution in [2.24, 2.45) is 0 Å². The predicted molar refractivity (Wildman–Crippen MR) is 43.9 cm³/mol. The molecule has 0 amide bonds. The van der Waals surface area contributed by atoms with Crippen molar-refractivity contribution in [2.75, 3.05) is 26.3 Å². The fourth-order valence-electron chi connectivity index (χ4n) is 1.20. The first-order chi connectivity index (χ1) is 5.75. The van der Waals surface area contributed by atoms with Crippen LogP contribution in [-0.2, 0) is 14.3 Å². The summed E-state index contributed by atoms with van der Waals surface area (Å²) in [7, 11) is 0. The first-order valence-electron chi connectivity index (χ1n) is 4.27. The molecule has 0 bridgehead atoms. The third-order valence-corrected chi connectivity index (χ3v) is 1.89. The number of hydrogen-bond donors (Lipinski definition) is 1. The molecule has 4 heteroatoms. The van der Waals surface area contributed by atoms with Gasteiger partial charge in [-0.3, -0.25) is 0 Å². The van der Waals surface area contributed by atoms with Gasteiger partial charge in [0.05, 0.1) is 6.61 Å². The van der Waals surface area contributed by atoms with Crippen LogP contribution in [0.2, 0.25) is 0 Å². The highest BCUT2D eigenvalue weighted by Gasteiger charge is 2.46. The summed E-state index contributed by atoms with van der Waals surface area (Å²) in [5.74, 6) is -0.245. The topological polar surface area (TPSA) is 47.6 Å². The number of nitrogens with one attached hydrogen (secondary N) is 1. The van der Waals surface area contributed by atoms with Crippen molar-refractivity contribution in [1.82, 2.24) is 5.32 Å². The van der Waals surface area contributed by atoms with Gasteiger partial charge in [-0.2, -0.15) is 0 Å². The van der Waals surface area contributed by atoms with E-state index in [9.17, 15) is 4.79 Å². The summed E-state index contributed by atoms with van der Waals surface area (Å²) in [6.45, 7) is 5.76. The van der Waals surface area contributed by atoms with Gasteiger partial charge >= 0.3 is 5.97 Å². The summed E-state index contributed by atoms with van der Waals surface area (Å²) in [5.41, 5.74) is -0.690. The Hall–Kier alpha value is -0.610. The fourth-order valence-corrected chi connectivity index (χ4v) is 1.20. The van der Waals surface area contributed by atoms with Gasteiger partial charge in [0.2, 0.25) is 0 Å². The Morgan fingerprint density at radius 3 is 2.42 bits per heavy atom. The van der Waals surface area contributed by atoms with Gasteiger partial charge in [0, 0.05) is 19.7 Å². The lowest BCUT2D eigenvalue weighted by atomic mass is 9.97. The number of carbonyl (C=O) groups is 1. The molecular weight excluding hydrogens is 158 g/mol. The Morgan fingerprint density at radius 1 is 1.42 bits per heavy atom. The van der Waals surface area contributed by atoms with Gasteiger partial charge in [-0.1, -0.05) is 0 Å². The van der Waals surface area contributed by atoms with Crippen LogP contribution in [0, 0.1) is 0 Å². The maximum atomic E-state index is 11.4. The van der Waals surface area contributed by atoms with Gasteiger partial charge in [-0.05, 0) is 13.8 Å². The predicted octanol–water partition coefficient (Wildman–Crippen LogP) is -0.0720. The van der Waals surface area contributed by atoms with Crippen molar-refractivity contribution in [3.8, 4) is 0 Å². The molecule has 0 aromatic carbocycles. The maximum Gasteiger partial charge on any atom is 0.341 e. The number of ether oxygens (including phenoxy) is 2. The second-order valence-corrected chi connectivity index (χ2v) is 2.75. The van der Waals surface area contributed by atoms with Crippen molar-refractivity contribution in [3.05, 3.63) is 0 Å². The van der Waals surface area contributed by atoms with Crippen LogP contribution in [0.1, 0.15) is 13.8 Å². The van der Waals surface area contributed by atoms with E-state index >= 15 is 0 Å². The van der Waals surface area contributed by atoms with Crippen LogP contribution in [0.15, 0.2) is 0 Å². The monoisotopic (exact) mass is 173 g/mol. The van der Waals surface area contributed by atoms with Crippen LogP contribution >= 0.6 is 0 Å². The molecule has 0 aromatic rings. The van der Waals surface area contributed by atoms with Gasteiger partial charge in [0.15, 0.2) is 5.60 Å². The average Bonchev–Trinajstić information content (AvgIpc) is 1.97. The molecule has 1 heterocycles. The molecule has 0 saturated carbocycles. The number of esters is 1. The van der Waals surface area contributed by atoms with E-state index in [2.05, 4.69) is 5.32 Å². The first-order valence-corrected chi connectivity index (χ1v) is 4.27. The quantitative estimate of drug-likeness (QED) is 0.604. The van der Waals surface area contributed by atoms with Crippen LogP contribution in [0.3, 0.4) is 0 Å². The Kier molecular flexibility index (Phi) is 3.05. The third kappa shape index (κ3) is 1.59. The third-order valence-electron chi connectivity index (χ3n) is 1.89. The average molecular weight is 173 g/mol. The summed E-state index contributed by atoms with van der Waals surface area (Å²) in [6, 6.07) is 0. The highest BCUT2D eigenvalue weighted by molar-refractivity contribution is 5.81. The second kappa shape index (κ2) is 3.87. The lowest BCUT2D eigenvalue weighted by Crippen LogP contribution is -2.66. The molecule has 0 aliphatic carbocycles. The van der Waals surface area contributed by atoms with Crippen molar-refractivity contribution in [3.63, 3.8) is 0 Å². The van der Waals surface area contributed by atoms with E-state index in [-0.39, 0.29) is 5.97 Å². The van der Waals surface area contributed by atoms with E-state index in [0.717, 1.165) is 0 Å². The van der Waals surface area contributed by atoms with Crippen molar-refractivity contribution < 1.29 is 14.3 Å². The normalized spacial score (nSPS) is 19.8. The van der Waals surface area contributed by atoms with Gasteiger partial charge in [0.1, 0.15) is 0 Å². The standard InChI is InChI=1S/C8H15NO3/c1-3-11-7(10)8(12-4-2)5-9-6-8/h9H,3-6H2,1-2H3. The molecular formula is C8H15NO3. The Balaban J connectivity index is 2.47. The zero-order valence-corrected chi connectivity index (χ0v) is 7.55. The summed E-state index contributed by atoms with van der Waals surface area (Å²) in [5, 5.41) is 3.00. The lowest BCUT2D eigenvalue weighted by molar-refractivity contribution is -0.178. The first kappa shape index (κ1) is 9.48. The molecule has 0 atom stereocenters. The van der Waals surface area contributed by atoms with Crippen molar-refractivity contribution in [1.29, 1.82) is 0 Å². The lowest BCUT2D eigenvalue weighted by Gasteiger charge is -2.39. The van der Waals surface area contributed by atoms with Crippen molar-refractivity contribution in [2.45, 2.75) is 19.4 Å². The maximum absolute atomic E-state index is 11.4. The molecule has 12 heavy (non-hydrogen) atoms. The van der Waals surface area contributed by atoms with E-state index in [1.165, 1.54) is 0 Å². The highest BCUT2D eigenvalue weighted by Crippen LogP contribution is 2.18. The molecule has 4 nitrogen and oxygen atoms in total. The highest BCUT2D eigenvalue weighted by atomic mass is 16.6. The van der Waals surface area contributed by atoms with E-state index in [1.54, 1.807) is 6.92 Å². The molecule has 70 valence electrons. The van der Waals surface area contributed by atoms with Gasteiger partial charge in [0.25, 0.3) is 0 Å².